The van der Waals surface area contributed by atoms with Gasteiger partial charge in [-0.1, -0.05) is 83.3 Å². The van der Waals surface area contributed by atoms with Crippen molar-refractivity contribution in [1.82, 2.24) is 0 Å². The molecule has 0 unspecified atom stereocenters. The zero-order valence-electron chi connectivity index (χ0n) is 19.4. The van der Waals surface area contributed by atoms with Gasteiger partial charge in [-0.3, -0.25) is 0 Å². The summed E-state index contributed by atoms with van der Waals surface area (Å²) in [6, 6.07) is 0. The summed E-state index contributed by atoms with van der Waals surface area (Å²) in [5.74, 6) is 0. The van der Waals surface area contributed by atoms with E-state index in [2.05, 4.69) is 19.1 Å². The number of aliphatic hydroxyl groups is 3. The Hall–Kier alpha value is -0.460. The minimum Gasteiger partial charge on any atom is -0.394 e. The van der Waals surface area contributed by atoms with E-state index in [0.29, 0.717) is 6.61 Å². The Morgan fingerprint density at radius 3 is 1.97 bits per heavy atom. The largest absolute Gasteiger partial charge is 0.394 e. The molecule has 0 radical (unpaired) electrons. The van der Waals surface area contributed by atoms with Gasteiger partial charge in [0.25, 0.3) is 0 Å². The molecular formula is C25H48O5. The Morgan fingerprint density at radius 2 is 1.40 bits per heavy atom. The van der Waals surface area contributed by atoms with Gasteiger partial charge < -0.3 is 24.8 Å². The Kier molecular flexibility index (Phi) is 17.7. The topological polar surface area (TPSA) is 79.2 Å². The van der Waals surface area contributed by atoms with Crippen LogP contribution in [0.1, 0.15) is 103 Å². The van der Waals surface area contributed by atoms with Gasteiger partial charge in [-0.25, -0.2) is 0 Å². The zero-order chi connectivity index (χ0) is 21.9. The van der Waals surface area contributed by atoms with E-state index in [0.717, 1.165) is 25.7 Å². The third kappa shape index (κ3) is 13.1. The molecule has 30 heavy (non-hydrogen) atoms. The van der Waals surface area contributed by atoms with Crippen LogP contribution < -0.4 is 0 Å². The maximum absolute atomic E-state index is 9.90. The molecule has 3 N–H and O–H groups in total. The standard InChI is InChI=1S/C25H48O5/c1-2-3-4-5-6-7-8-9-10-11-12-13-14-15-16-17-18-19-29-25-23(28)21-30-24(25)22(27)20-26/h13-14,22-28H,2-12,15-21H2,1H3/b14-13+/t22-,23+,24-,25-/m1/s1. The number of allylic oxidation sites excluding steroid dienone is 2. The molecular weight excluding hydrogens is 380 g/mol. The Morgan fingerprint density at radius 1 is 0.867 bits per heavy atom. The molecule has 5 heteroatoms. The first-order valence-corrected chi connectivity index (χ1v) is 12.6. The van der Waals surface area contributed by atoms with Gasteiger partial charge in [0.15, 0.2) is 0 Å². The molecule has 0 amide bonds. The minimum absolute atomic E-state index is 0.149. The number of ether oxygens (including phenoxy) is 2. The molecule has 0 bridgehead atoms. The molecule has 0 saturated carbocycles. The molecule has 0 aromatic rings. The highest BCUT2D eigenvalue weighted by molar-refractivity contribution is 4.89. The van der Waals surface area contributed by atoms with Gasteiger partial charge in [0.1, 0.15) is 24.4 Å². The molecule has 4 atom stereocenters. The normalized spacial score (nSPS) is 22.9. The second-order valence-corrected chi connectivity index (χ2v) is 8.74. The third-order valence-electron chi connectivity index (χ3n) is 5.95. The van der Waals surface area contributed by atoms with E-state index >= 15 is 0 Å². The van der Waals surface area contributed by atoms with Crippen LogP contribution in [0, 0.1) is 0 Å². The number of hydrogen-bond donors (Lipinski definition) is 3. The Labute approximate surface area is 184 Å². The van der Waals surface area contributed by atoms with Gasteiger partial charge in [-0.05, 0) is 32.1 Å². The van der Waals surface area contributed by atoms with Crippen LogP contribution in [0.5, 0.6) is 0 Å². The first-order valence-electron chi connectivity index (χ1n) is 12.6. The first-order chi connectivity index (χ1) is 14.7. The van der Waals surface area contributed by atoms with Crippen molar-refractivity contribution in [3.8, 4) is 0 Å². The molecule has 178 valence electrons. The van der Waals surface area contributed by atoms with Crippen molar-refractivity contribution >= 4 is 0 Å². The van der Waals surface area contributed by atoms with Crippen molar-refractivity contribution in [3.63, 3.8) is 0 Å². The predicted molar refractivity (Wildman–Crippen MR) is 123 cm³/mol. The summed E-state index contributed by atoms with van der Waals surface area (Å²) in [5, 5.41) is 28.7. The molecule has 1 fully saturated rings. The van der Waals surface area contributed by atoms with Crippen molar-refractivity contribution in [3.05, 3.63) is 12.2 Å². The van der Waals surface area contributed by atoms with Crippen LogP contribution in [0.4, 0.5) is 0 Å². The molecule has 1 aliphatic heterocycles. The highest BCUT2D eigenvalue weighted by Gasteiger charge is 2.40. The molecule has 1 aliphatic rings. The maximum Gasteiger partial charge on any atom is 0.114 e. The summed E-state index contributed by atoms with van der Waals surface area (Å²) in [6.45, 7) is 2.58. The number of unbranched alkanes of at least 4 members (excludes halogenated alkanes) is 13. The molecule has 1 heterocycles. The monoisotopic (exact) mass is 428 g/mol. The van der Waals surface area contributed by atoms with Crippen molar-refractivity contribution in [1.29, 1.82) is 0 Å². The highest BCUT2D eigenvalue weighted by Crippen LogP contribution is 2.21. The lowest BCUT2D eigenvalue weighted by molar-refractivity contribution is -0.0937. The van der Waals surface area contributed by atoms with Gasteiger partial charge in [0.05, 0.1) is 13.2 Å². The molecule has 1 saturated heterocycles. The maximum atomic E-state index is 9.90. The smallest absolute Gasteiger partial charge is 0.114 e. The fourth-order valence-corrected chi connectivity index (χ4v) is 4.00. The van der Waals surface area contributed by atoms with Crippen LogP contribution in [0.15, 0.2) is 12.2 Å². The Balaban J connectivity index is 1.86. The summed E-state index contributed by atoms with van der Waals surface area (Å²) in [5.41, 5.74) is 0. The molecule has 0 spiro atoms. The highest BCUT2D eigenvalue weighted by atomic mass is 16.6. The van der Waals surface area contributed by atoms with Gasteiger partial charge in [0, 0.05) is 6.61 Å². The van der Waals surface area contributed by atoms with E-state index in [1.54, 1.807) is 0 Å². The average Bonchev–Trinajstić information content (AvgIpc) is 3.12. The van der Waals surface area contributed by atoms with Crippen LogP contribution >= 0.6 is 0 Å². The fraction of sp³-hybridized carbons (Fsp3) is 0.920. The van der Waals surface area contributed by atoms with Crippen molar-refractivity contribution < 1.29 is 24.8 Å². The molecule has 0 aromatic heterocycles. The summed E-state index contributed by atoms with van der Waals surface area (Å²) >= 11 is 0. The van der Waals surface area contributed by atoms with Gasteiger partial charge in [0.2, 0.25) is 0 Å². The van der Waals surface area contributed by atoms with Crippen LogP contribution in [0.25, 0.3) is 0 Å². The average molecular weight is 429 g/mol. The van der Waals surface area contributed by atoms with Crippen molar-refractivity contribution in [2.75, 3.05) is 19.8 Å². The van der Waals surface area contributed by atoms with Crippen LogP contribution in [-0.2, 0) is 9.47 Å². The predicted octanol–water partition coefficient (Wildman–Crippen LogP) is 4.91. The fourth-order valence-electron chi connectivity index (χ4n) is 4.00. The molecule has 0 aliphatic carbocycles. The number of rotatable bonds is 20. The first kappa shape index (κ1) is 27.6. The third-order valence-corrected chi connectivity index (χ3v) is 5.95. The van der Waals surface area contributed by atoms with Crippen molar-refractivity contribution in [2.45, 2.75) is 128 Å². The van der Waals surface area contributed by atoms with Crippen LogP contribution in [0.3, 0.4) is 0 Å². The minimum atomic E-state index is -1.01. The molecule has 0 aromatic carbocycles. The van der Waals surface area contributed by atoms with E-state index in [1.165, 1.54) is 70.6 Å². The lowest BCUT2D eigenvalue weighted by atomic mass is 10.1. The summed E-state index contributed by atoms with van der Waals surface area (Å²) < 4.78 is 11.0. The summed E-state index contributed by atoms with van der Waals surface area (Å²) in [7, 11) is 0. The van der Waals surface area contributed by atoms with E-state index in [4.69, 9.17) is 14.6 Å². The SMILES string of the molecule is CCCCCCCCCCCC/C=C/CCCCCO[C@H]1[C@@H]([C@H](O)CO)OC[C@@H]1O. The lowest BCUT2D eigenvalue weighted by Gasteiger charge is -2.23. The van der Waals surface area contributed by atoms with Gasteiger partial charge in [-0.2, -0.15) is 0 Å². The molecule has 1 rings (SSSR count). The second-order valence-electron chi connectivity index (χ2n) is 8.74. The second kappa shape index (κ2) is 19.2. The number of aliphatic hydroxyl groups excluding tert-OH is 3. The van der Waals surface area contributed by atoms with E-state index in [9.17, 15) is 10.2 Å². The number of hydrogen-bond acceptors (Lipinski definition) is 5. The summed E-state index contributed by atoms with van der Waals surface area (Å²) in [6.07, 6.45) is 21.0. The van der Waals surface area contributed by atoms with E-state index in [-0.39, 0.29) is 13.2 Å². The zero-order valence-corrected chi connectivity index (χ0v) is 19.4. The lowest BCUT2D eigenvalue weighted by Crippen LogP contribution is -2.42. The van der Waals surface area contributed by atoms with Gasteiger partial charge in [-0.15, -0.1) is 0 Å². The van der Waals surface area contributed by atoms with Crippen LogP contribution in [-0.4, -0.2) is 59.6 Å². The van der Waals surface area contributed by atoms with Gasteiger partial charge >= 0.3 is 0 Å². The Bertz CT molecular complexity index is 401. The van der Waals surface area contributed by atoms with Crippen molar-refractivity contribution in [2.24, 2.45) is 0 Å². The van der Waals surface area contributed by atoms with Crippen LogP contribution in [0.2, 0.25) is 0 Å². The molecule has 5 nitrogen and oxygen atoms in total. The van der Waals surface area contributed by atoms with E-state index < -0.39 is 24.4 Å². The quantitative estimate of drug-likeness (QED) is 0.190. The summed E-state index contributed by atoms with van der Waals surface area (Å²) in [4.78, 5) is 0. The van der Waals surface area contributed by atoms with E-state index in [1.807, 2.05) is 0 Å².